The van der Waals surface area contributed by atoms with E-state index in [4.69, 9.17) is 4.74 Å². The van der Waals surface area contributed by atoms with E-state index in [1.54, 1.807) is 0 Å². The minimum atomic E-state index is -0.721. The van der Waals surface area contributed by atoms with Crippen molar-refractivity contribution in [2.24, 2.45) is 0 Å². The lowest BCUT2D eigenvalue weighted by Gasteiger charge is -2.10. The minimum Gasteiger partial charge on any atom is -0.490 e. The van der Waals surface area contributed by atoms with Gasteiger partial charge in [0.05, 0.1) is 37.4 Å². The van der Waals surface area contributed by atoms with Crippen LogP contribution < -0.4 is 10.1 Å². The van der Waals surface area contributed by atoms with Gasteiger partial charge in [0.1, 0.15) is 0 Å². The first kappa shape index (κ1) is 20.4. The second-order valence-corrected chi connectivity index (χ2v) is 5.38. The van der Waals surface area contributed by atoms with Crippen LogP contribution in [0.3, 0.4) is 0 Å². The fourth-order valence-electron chi connectivity index (χ4n) is 2.35. The maximum atomic E-state index is 12.5. The lowest BCUT2D eigenvalue weighted by atomic mass is 10.1. The summed E-state index contributed by atoms with van der Waals surface area (Å²) in [5, 5.41) is 13.6. The van der Waals surface area contributed by atoms with Gasteiger partial charge in [-0.1, -0.05) is 0 Å². The van der Waals surface area contributed by atoms with Crippen LogP contribution in [0, 0.1) is 10.1 Å². The zero-order valence-corrected chi connectivity index (χ0v) is 15.2. The lowest BCUT2D eigenvalue weighted by molar-refractivity contribution is -0.385. The molecule has 146 valence electrons. The Morgan fingerprint density at radius 2 is 1.46 bits per heavy atom. The highest BCUT2D eigenvalue weighted by atomic mass is 16.6. The molecule has 0 aliphatic carbocycles. The Bertz CT molecular complexity index is 920. The van der Waals surface area contributed by atoms with Crippen molar-refractivity contribution >= 4 is 29.2 Å². The number of methoxy groups -OCH3 is 3. The first-order valence-electron chi connectivity index (χ1n) is 7.76. The van der Waals surface area contributed by atoms with Crippen molar-refractivity contribution in [2.75, 3.05) is 26.6 Å². The van der Waals surface area contributed by atoms with Crippen LogP contribution in [0.25, 0.3) is 0 Å². The molecular formula is C18H16N2O8. The summed E-state index contributed by atoms with van der Waals surface area (Å²) in [5.74, 6) is -2.13. The van der Waals surface area contributed by atoms with Crippen LogP contribution in [0.5, 0.6) is 5.75 Å². The molecule has 0 saturated heterocycles. The van der Waals surface area contributed by atoms with E-state index >= 15 is 0 Å². The standard InChI is InChI=1S/C18H16N2O8/c1-26-15-5-4-10(9-14(15)20(24)25)16(21)19-13-7-11(17(22)27-2)6-12(8-13)18(23)28-3/h4-9H,1-3H3,(H,19,21). The van der Waals surface area contributed by atoms with Crippen molar-refractivity contribution in [3.63, 3.8) is 0 Å². The highest BCUT2D eigenvalue weighted by Crippen LogP contribution is 2.28. The number of nitrogens with zero attached hydrogens (tertiary/aromatic N) is 1. The molecule has 1 N–H and O–H groups in total. The van der Waals surface area contributed by atoms with Crippen molar-refractivity contribution in [3.8, 4) is 5.75 Å². The molecule has 0 aliphatic heterocycles. The number of carbonyl (C=O) groups excluding carboxylic acids is 3. The van der Waals surface area contributed by atoms with E-state index in [1.165, 1.54) is 51.7 Å². The average molecular weight is 388 g/mol. The first-order valence-corrected chi connectivity index (χ1v) is 7.76. The summed E-state index contributed by atoms with van der Waals surface area (Å²) in [4.78, 5) is 46.5. The molecule has 0 aromatic heterocycles. The molecule has 0 bridgehead atoms. The third kappa shape index (κ3) is 4.41. The van der Waals surface area contributed by atoms with Crippen molar-refractivity contribution in [3.05, 3.63) is 63.2 Å². The molecule has 10 nitrogen and oxygen atoms in total. The molecule has 0 fully saturated rings. The zero-order chi connectivity index (χ0) is 20.8. The number of ether oxygens (including phenoxy) is 3. The van der Waals surface area contributed by atoms with E-state index in [-0.39, 0.29) is 33.8 Å². The molecule has 0 saturated carbocycles. The monoisotopic (exact) mass is 388 g/mol. The predicted octanol–water partition coefficient (Wildman–Crippen LogP) is 2.43. The maximum Gasteiger partial charge on any atom is 0.337 e. The summed E-state index contributed by atoms with van der Waals surface area (Å²) in [5.41, 5.74) is -0.265. The molecule has 0 atom stereocenters. The molecule has 0 spiro atoms. The van der Waals surface area contributed by atoms with E-state index in [9.17, 15) is 24.5 Å². The fraction of sp³-hybridized carbons (Fsp3) is 0.167. The first-order chi connectivity index (χ1) is 13.3. The number of rotatable bonds is 6. The summed E-state index contributed by atoms with van der Waals surface area (Å²) >= 11 is 0. The number of hydrogen-bond acceptors (Lipinski definition) is 8. The van der Waals surface area contributed by atoms with Gasteiger partial charge in [-0.05, 0) is 30.3 Å². The predicted molar refractivity (Wildman–Crippen MR) is 96.7 cm³/mol. The van der Waals surface area contributed by atoms with Crippen molar-refractivity contribution in [1.82, 2.24) is 0 Å². The van der Waals surface area contributed by atoms with Gasteiger partial charge in [-0.2, -0.15) is 0 Å². The van der Waals surface area contributed by atoms with E-state index in [2.05, 4.69) is 14.8 Å². The van der Waals surface area contributed by atoms with Gasteiger partial charge in [0.15, 0.2) is 5.75 Å². The molecule has 2 aromatic carbocycles. The van der Waals surface area contributed by atoms with Crippen molar-refractivity contribution < 1.29 is 33.5 Å². The third-order valence-electron chi connectivity index (χ3n) is 3.67. The highest BCUT2D eigenvalue weighted by Gasteiger charge is 2.19. The van der Waals surface area contributed by atoms with Crippen molar-refractivity contribution in [2.45, 2.75) is 0 Å². The van der Waals surface area contributed by atoms with Gasteiger partial charge < -0.3 is 19.5 Å². The van der Waals surface area contributed by atoms with Gasteiger partial charge in [-0.15, -0.1) is 0 Å². The van der Waals surface area contributed by atoms with Crippen LogP contribution in [0.4, 0.5) is 11.4 Å². The number of esters is 2. The molecule has 0 aliphatic rings. The van der Waals surface area contributed by atoms with Gasteiger partial charge in [-0.3, -0.25) is 14.9 Å². The molecule has 0 heterocycles. The van der Waals surface area contributed by atoms with Crippen LogP contribution in [-0.2, 0) is 9.47 Å². The minimum absolute atomic E-state index is 0.00205. The number of hydrogen-bond donors (Lipinski definition) is 1. The Morgan fingerprint density at radius 1 is 0.893 bits per heavy atom. The highest BCUT2D eigenvalue weighted by molar-refractivity contribution is 6.06. The second kappa shape index (κ2) is 8.62. The van der Waals surface area contributed by atoms with Crippen LogP contribution in [0.15, 0.2) is 36.4 Å². The number of benzene rings is 2. The van der Waals surface area contributed by atoms with Gasteiger partial charge in [-0.25, -0.2) is 9.59 Å². The molecule has 2 rings (SSSR count). The second-order valence-electron chi connectivity index (χ2n) is 5.38. The Hall–Kier alpha value is -3.95. The number of anilines is 1. The van der Waals surface area contributed by atoms with Crippen LogP contribution in [0.2, 0.25) is 0 Å². The smallest absolute Gasteiger partial charge is 0.337 e. The zero-order valence-electron chi connectivity index (χ0n) is 15.2. The van der Waals surface area contributed by atoms with E-state index in [0.717, 1.165) is 6.07 Å². The molecule has 0 unspecified atom stereocenters. The van der Waals surface area contributed by atoms with Crippen LogP contribution >= 0.6 is 0 Å². The fourth-order valence-corrected chi connectivity index (χ4v) is 2.35. The third-order valence-corrected chi connectivity index (χ3v) is 3.67. The van der Waals surface area contributed by atoms with Gasteiger partial charge in [0, 0.05) is 17.3 Å². The maximum absolute atomic E-state index is 12.5. The molecule has 10 heteroatoms. The van der Waals surface area contributed by atoms with E-state index < -0.39 is 22.8 Å². The number of nitro benzene ring substituents is 1. The molecule has 28 heavy (non-hydrogen) atoms. The summed E-state index contributed by atoms with van der Waals surface area (Å²) < 4.78 is 14.1. The van der Waals surface area contributed by atoms with E-state index in [0.29, 0.717) is 0 Å². The summed E-state index contributed by atoms with van der Waals surface area (Å²) in [6.45, 7) is 0. The summed E-state index contributed by atoms with van der Waals surface area (Å²) in [6.07, 6.45) is 0. The Balaban J connectivity index is 2.40. The quantitative estimate of drug-likeness (QED) is 0.453. The average Bonchev–Trinajstić information content (AvgIpc) is 2.71. The Morgan fingerprint density at radius 3 is 1.93 bits per heavy atom. The van der Waals surface area contributed by atoms with Crippen LogP contribution in [-0.4, -0.2) is 44.1 Å². The Labute approximate surface area is 159 Å². The topological polar surface area (TPSA) is 134 Å². The summed E-state index contributed by atoms with van der Waals surface area (Å²) in [6, 6.07) is 7.54. The molecule has 0 radical (unpaired) electrons. The van der Waals surface area contributed by atoms with E-state index in [1.807, 2.05) is 0 Å². The number of amides is 1. The molecule has 2 aromatic rings. The molecular weight excluding hydrogens is 372 g/mol. The normalized spacial score (nSPS) is 9.96. The van der Waals surface area contributed by atoms with Gasteiger partial charge >= 0.3 is 17.6 Å². The SMILES string of the molecule is COC(=O)c1cc(NC(=O)c2ccc(OC)c([N+](=O)[O-])c2)cc(C(=O)OC)c1. The number of nitrogens with one attached hydrogen (secondary N) is 1. The van der Waals surface area contributed by atoms with Gasteiger partial charge in [0.25, 0.3) is 5.91 Å². The largest absolute Gasteiger partial charge is 0.490 e. The van der Waals surface area contributed by atoms with Gasteiger partial charge in [0.2, 0.25) is 0 Å². The Kier molecular flexibility index (Phi) is 6.27. The lowest BCUT2D eigenvalue weighted by Crippen LogP contribution is -2.14. The molecule has 1 amide bonds. The number of nitro groups is 1. The number of carbonyl (C=O) groups is 3. The van der Waals surface area contributed by atoms with Crippen LogP contribution in [0.1, 0.15) is 31.1 Å². The van der Waals surface area contributed by atoms with Crippen molar-refractivity contribution in [1.29, 1.82) is 0 Å². The summed E-state index contributed by atoms with van der Waals surface area (Å²) in [7, 11) is 3.61.